The Bertz CT molecular complexity index is 606. The van der Waals surface area contributed by atoms with Gasteiger partial charge < -0.3 is 15.5 Å². The van der Waals surface area contributed by atoms with E-state index in [1.807, 2.05) is 11.4 Å². The molecule has 0 saturated carbocycles. The Morgan fingerprint density at radius 3 is 2.43 bits per heavy atom. The van der Waals surface area contributed by atoms with Crippen molar-refractivity contribution >= 4 is 34.5 Å². The van der Waals surface area contributed by atoms with Crippen molar-refractivity contribution < 1.29 is 4.79 Å². The van der Waals surface area contributed by atoms with Gasteiger partial charge in [0.1, 0.15) is 6.54 Å². The molecule has 0 aliphatic carbocycles. The van der Waals surface area contributed by atoms with E-state index in [1.165, 1.54) is 9.75 Å². The van der Waals surface area contributed by atoms with Gasteiger partial charge in [0.05, 0.1) is 6.54 Å². The van der Waals surface area contributed by atoms with Gasteiger partial charge in [-0.05, 0) is 29.3 Å². The first-order valence-corrected chi connectivity index (χ1v) is 9.18. The summed E-state index contributed by atoms with van der Waals surface area (Å²) in [5.74, 6) is 0.658. The van der Waals surface area contributed by atoms with E-state index in [2.05, 4.69) is 39.2 Å². The number of carbonyl (C=O) groups is 1. The molecule has 0 radical (unpaired) electrons. The number of likely N-dealkylation sites (N-methyl/N-ethyl adjacent to an activating group) is 1. The van der Waals surface area contributed by atoms with Gasteiger partial charge in [0.25, 0.3) is 0 Å². The summed E-state index contributed by atoms with van der Waals surface area (Å²) in [5.41, 5.74) is 0. The third-order valence-electron chi connectivity index (χ3n) is 3.13. The number of hydrogen-bond acceptors (Lipinski definition) is 4. The van der Waals surface area contributed by atoms with Gasteiger partial charge in [0.2, 0.25) is 5.91 Å². The molecule has 124 valence electrons. The highest BCUT2D eigenvalue weighted by atomic mass is 32.1. The summed E-state index contributed by atoms with van der Waals surface area (Å²) in [6.07, 6.45) is 0.943. The Morgan fingerprint density at radius 1 is 1.13 bits per heavy atom. The summed E-state index contributed by atoms with van der Waals surface area (Å²) in [7, 11) is 3.47. The lowest BCUT2D eigenvalue weighted by molar-refractivity contribution is -0.127. The minimum atomic E-state index is -0.0134. The smallest absolute Gasteiger partial charge is 0.243 e. The van der Waals surface area contributed by atoms with Crippen molar-refractivity contribution in [1.29, 1.82) is 0 Å². The van der Waals surface area contributed by atoms with Gasteiger partial charge in [-0.3, -0.25) is 4.79 Å². The molecule has 0 atom stereocenters. The molecule has 2 aromatic rings. The van der Waals surface area contributed by atoms with Crippen molar-refractivity contribution in [3.63, 3.8) is 0 Å². The zero-order valence-electron chi connectivity index (χ0n) is 13.4. The predicted molar refractivity (Wildman–Crippen MR) is 98.2 cm³/mol. The first-order valence-electron chi connectivity index (χ1n) is 7.42. The molecule has 1 amide bonds. The highest BCUT2D eigenvalue weighted by Crippen LogP contribution is 2.08. The third kappa shape index (κ3) is 6.42. The molecule has 0 saturated heterocycles. The Balaban J connectivity index is 1.86. The fourth-order valence-corrected chi connectivity index (χ4v) is 3.16. The van der Waals surface area contributed by atoms with E-state index < -0.39 is 0 Å². The van der Waals surface area contributed by atoms with Crippen molar-refractivity contribution in [2.24, 2.45) is 4.99 Å². The molecule has 0 bridgehead atoms. The lowest BCUT2D eigenvalue weighted by atomic mass is 10.3. The second kappa shape index (κ2) is 9.32. The summed E-state index contributed by atoms with van der Waals surface area (Å²) >= 11 is 3.45. The maximum Gasteiger partial charge on any atom is 0.243 e. The van der Waals surface area contributed by atoms with Crippen molar-refractivity contribution in [2.45, 2.75) is 13.0 Å². The number of rotatable bonds is 7. The summed E-state index contributed by atoms with van der Waals surface area (Å²) in [5, 5.41) is 10.7. The largest absolute Gasteiger partial charge is 0.356 e. The molecule has 0 unspecified atom stereocenters. The van der Waals surface area contributed by atoms with Crippen LogP contribution in [-0.2, 0) is 17.8 Å². The fourth-order valence-electron chi connectivity index (χ4n) is 1.81. The van der Waals surface area contributed by atoms with Crippen LogP contribution in [0.2, 0.25) is 0 Å². The Kier molecular flexibility index (Phi) is 7.09. The van der Waals surface area contributed by atoms with Gasteiger partial charge in [-0.25, -0.2) is 4.99 Å². The van der Waals surface area contributed by atoms with E-state index >= 15 is 0 Å². The minimum Gasteiger partial charge on any atom is -0.356 e. The summed E-state index contributed by atoms with van der Waals surface area (Å²) < 4.78 is 0. The normalized spacial score (nSPS) is 11.3. The third-order valence-corrected chi connectivity index (χ3v) is 4.94. The fraction of sp³-hybridized carbons (Fsp3) is 0.375. The number of amides is 1. The standard InChI is InChI=1S/C16H22N4OS2/c1-20(2)15(21)12-19-16(18-11-14-6-4-10-23-14)17-8-7-13-5-3-9-22-13/h3-6,9-10H,7-8,11-12H2,1-2H3,(H2,17,18,19). The summed E-state index contributed by atoms with van der Waals surface area (Å²) in [4.78, 5) is 20.2. The molecule has 0 aliphatic rings. The van der Waals surface area contributed by atoms with Crippen LogP contribution in [0, 0.1) is 0 Å². The Labute approximate surface area is 145 Å². The molecule has 7 heteroatoms. The van der Waals surface area contributed by atoms with E-state index in [0.717, 1.165) is 13.0 Å². The van der Waals surface area contributed by atoms with Crippen molar-refractivity contribution in [3.8, 4) is 0 Å². The van der Waals surface area contributed by atoms with Gasteiger partial charge >= 0.3 is 0 Å². The van der Waals surface area contributed by atoms with Crippen LogP contribution in [0.5, 0.6) is 0 Å². The van der Waals surface area contributed by atoms with Gasteiger partial charge in [0.15, 0.2) is 5.96 Å². The number of guanidine groups is 1. The zero-order chi connectivity index (χ0) is 16.5. The van der Waals surface area contributed by atoms with Gasteiger partial charge in [-0.1, -0.05) is 12.1 Å². The van der Waals surface area contributed by atoms with Crippen LogP contribution in [0.1, 0.15) is 9.75 Å². The van der Waals surface area contributed by atoms with E-state index in [0.29, 0.717) is 12.5 Å². The number of nitrogens with zero attached hydrogens (tertiary/aromatic N) is 2. The molecule has 2 aromatic heterocycles. The second-order valence-corrected chi connectivity index (χ2v) is 7.21. The number of carbonyl (C=O) groups excluding carboxylic acids is 1. The summed E-state index contributed by atoms with van der Waals surface area (Å²) in [6.45, 7) is 1.64. The molecular weight excluding hydrogens is 328 g/mol. The summed E-state index contributed by atoms with van der Waals surface area (Å²) in [6, 6.07) is 8.28. The van der Waals surface area contributed by atoms with Crippen molar-refractivity contribution in [1.82, 2.24) is 15.5 Å². The lowest BCUT2D eigenvalue weighted by Crippen LogP contribution is -2.39. The van der Waals surface area contributed by atoms with Crippen LogP contribution in [-0.4, -0.2) is 44.0 Å². The average molecular weight is 351 g/mol. The molecule has 2 heterocycles. The number of hydrogen-bond donors (Lipinski definition) is 2. The first kappa shape index (κ1) is 17.5. The maximum atomic E-state index is 11.7. The van der Waals surface area contributed by atoms with E-state index in [-0.39, 0.29) is 12.5 Å². The molecule has 5 nitrogen and oxygen atoms in total. The lowest BCUT2D eigenvalue weighted by Gasteiger charge is -2.13. The van der Waals surface area contributed by atoms with Crippen LogP contribution in [0.25, 0.3) is 0 Å². The van der Waals surface area contributed by atoms with Crippen LogP contribution in [0.15, 0.2) is 40.0 Å². The van der Waals surface area contributed by atoms with E-state index in [9.17, 15) is 4.79 Å². The van der Waals surface area contributed by atoms with Crippen molar-refractivity contribution in [2.75, 3.05) is 27.2 Å². The second-order valence-electron chi connectivity index (χ2n) is 5.14. The zero-order valence-corrected chi connectivity index (χ0v) is 15.0. The Hall–Kier alpha value is -1.86. The van der Waals surface area contributed by atoms with Crippen LogP contribution in [0.4, 0.5) is 0 Å². The molecule has 23 heavy (non-hydrogen) atoms. The number of thiophene rings is 2. The number of nitrogens with one attached hydrogen (secondary N) is 2. The van der Waals surface area contributed by atoms with Gasteiger partial charge in [-0.2, -0.15) is 0 Å². The monoisotopic (exact) mass is 350 g/mol. The molecule has 2 rings (SSSR count). The average Bonchev–Trinajstić information content (AvgIpc) is 3.22. The quantitative estimate of drug-likeness (QED) is 0.594. The van der Waals surface area contributed by atoms with Crippen LogP contribution >= 0.6 is 22.7 Å². The predicted octanol–water partition coefficient (Wildman–Crippen LogP) is 2.18. The Morgan fingerprint density at radius 2 is 1.83 bits per heavy atom. The van der Waals surface area contributed by atoms with E-state index in [1.54, 1.807) is 41.7 Å². The molecule has 0 spiro atoms. The first-order chi connectivity index (χ1) is 11.1. The van der Waals surface area contributed by atoms with E-state index in [4.69, 9.17) is 0 Å². The molecule has 2 N–H and O–H groups in total. The SMILES string of the molecule is CN(C)C(=O)CN=C(NCCc1cccs1)NCc1cccs1. The maximum absolute atomic E-state index is 11.7. The van der Waals surface area contributed by atoms with Gasteiger partial charge in [0, 0.05) is 30.4 Å². The number of aliphatic imine (C=N–C) groups is 1. The van der Waals surface area contributed by atoms with Crippen molar-refractivity contribution in [3.05, 3.63) is 44.8 Å². The topological polar surface area (TPSA) is 56.7 Å². The minimum absolute atomic E-state index is 0.0134. The molecular formula is C16H22N4OS2. The van der Waals surface area contributed by atoms with Gasteiger partial charge in [-0.15, -0.1) is 22.7 Å². The van der Waals surface area contributed by atoms with Crippen LogP contribution in [0.3, 0.4) is 0 Å². The highest BCUT2D eigenvalue weighted by molar-refractivity contribution is 7.10. The van der Waals surface area contributed by atoms with Crippen LogP contribution < -0.4 is 10.6 Å². The highest BCUT2D eigenvalue weighted by Gasteiger charge is 2.05. The molecule has 0 aromatic carbocycles. The molecule has 0 fully saturated rings. The molecule has 0 aliphatic heterocycles.